The number of ether oxygens (including phenoxy) is 3. The van der Waals surface area contributed by atoms with Gasteiger partial charge in [0.15, 0.2) is 0 Å². The predicted octanol–water partition coefficient (Wildman–Crippen LogP) is 2.54. The lowest BCUT2D eigenvalue weighted by Gasteiger charge is -2.16. The molecule has 1 saturated heterocycles. The molecule has 0 spiro atoms. The van der Waals surface area contributed by atoms with E-state index in [0.29, 0.717) is 61.0 Å². The Kier molecular flexibility index (Phi) is 4.98. The minimum absolute atomic E-state index is 0.0926. The lowest BCUT2D eigenvalue weighted by molar-refractivity contribution is 0.0694. The van der Waals surface area contributed by atoms with E-state index in [2.05, 4.69) is 20.3 Å². The first-order chi connectivity index (χ1) is 13.7. The monoisotopic (exact) mass is 383 g/mol. The third-order valence-electron chi connectivity index (χ3n) is 4.40. The summed E-state index contributed by atoms with van der Waals surface area (Å²) in [6, 6.07) is 7.07. The summed E-state index contributed by atoms with van der Waals surface area (Å²) in [5.74, 6) is 1.28. The van der Waals surface area contributed by atoms with Crippen LogP contribution in [0.3, 0.4) is 0 Å². The van der Waals surface area contributed by atoms with Crippen LogP contribution in [0.25, 0.3) is 11.0 Å². The first-order valence-electron chi connectivity index (χ1n) is 8.99. The van der Waals surface area contributed by atoms with Gasteiger partial charge in [0.25, 0.3) is 5.91 Å². The molecule has 1 aliphatic rings. The lowest BCUT2D eigenvalue weighted by Crippen LogP contribution is -2.28. The van der Waals surface area contributed by atoms with Gasteiger partial charge in [-0.15, -0.1) is 0 Å². The number of aromatic amines is 1. The Hall–Kier alpha value is -3.33. The molecule has 9 nitrogen and oxygen atoms in total. The topological polar surface area (TPSA) is 102 Å². The molecule has 3 aromatic rings. The first-order valence-corrected chi connectivity index (χ1v) is 8.99. The fraction of sp³-hybridized carbons (Fsp3) is 0.316. The largest absolute Gasteiger partial charge is 0.495 e. The molecular weight excluding hydrogens is 362 g/mol. The van der Waals surface area contributed by atoms with Crippen molar-refractivity contribution in [2.24, 2.45) is 0 Å². The summed E-state index contributed by atoms with van der Waals surface area (Å²) >= 11 is 0. The van der Waals surface area contributed by atoms with E-state index in [1.807, 2.05) is 13.0 Å². The summed E-state index contributed by atoms with van der Waals surface area (Å²) in [4.78, 5) is 26.2. The van der Waals surface area contributed by atoms with Gasteiger partial charge in [0.1, 0.15) is 18.1 Å². The van der Waals surface area contributed by atoms with Crippen molar-refractivity contribution >= 4 is 28.6 Å². The summed E-state index contributed by atoms with van der Waals surface area (Å²) in [6.45, 7) is 3.86. The highest BCUT2D eigenvalue weighted by molar-refractivity contribution is 5.95. The normalized spacial score (nSPS) is 13.7. The van der Waals surface area contributed by atoms with Gasteiger partial charge in [0.2, 0.25) is 11.8 Å². The van der Waals surface area contributed by atoms with Gasteiger partial charge < -0.3 is 29.4 Å². The number of H-pyrrole nitrogens is 1. The molecule has 1 amide bonds. The van der Waals surface area contributed by atoms with Gasteiger partial charge >= 0.3 is 0 Å². The molecule has 0 aliphatic carbocycles. The number of methoxy groups -OCH3 is 1. The maximum atomic E-state index is 12.5. The van der Waals surface area contributed by atoms with E-state index in [1.165, 1.54) is 0 Å². The number of amides is 1. The molecule has 2 N–H and O–H groups in total. The fourth-order valence-corrected chi connectivity index (χ4v) is 3.02. The standard InChI is InChI=1S/C19H21N5O4/c1-3-28-17-13-6-7-20-16(13)22-19(23-17)21-14-5-4-12(10-15(14)26-2)18(25)24-8-9-27-11-24/h4-7,10H,3,8-9,11H2,1-2H3,(H2,20,21,22,23). The zero-order valence-electron chi connectivity index (χ0n) is 15.7. The molecule has 0 radical (unpaired) electrons. The Balaban J connectivity index is 1.62. The molecule has 1 aliphatic heterocycles. The van der Waals surface area contributed by atoms with Gasteiger partial charge in [-0.3, -0.25) is 4.79 Å². The minimum atomic E-state index is -0.0926. The van der Waals surface area contributed by atoms with Gasteiger partial charge in [0.05, 0.1) is 31.4 Å². The highest BCUT2D eigenvalue weighted by atomic mass is 16.5. The number of carbonyl (C=O) groups excluding carboxylic acids is 1. The summed E-state index contributed by atoms with van der Waals surface area (Å²) < 4.78 is 16.3. The number of rotatable bonds is 6. The quantitative estimate of drug-likeness (QED) is 0.674. The molecule has 9 heteroatoms. The van der Waals surface area contributed by atoms with E-state index in [1.54, 1.807) is 36.4 Å². The van der Waals surface area contributed by atoms with Crippen molar-refractivity contribution in [1.82, 2.24) is 19.9 Å². The van der Waals surface area contributed by atoms with Crippen LogP contribution >= 0.6 is 0 Å². The van der Waals surface area contributed by atoms with Crippen LogP contribution in [0.2, 0.25) is 0 Å². The number of fused-ring (bicyclic) bond motifs is 1. The van der Waals surface area contributed by atoms with E-state index in [4.69, 9.17) is 14.2 Å². The van der Waals surface area contributed by atoms with Crippen molar-refractivity contribution in [2.75, 3.05) is 38.9 Å². The number of nitrogens with zero attached hydrogens (tertiary/aromatic N) is 3. The predicted molar refractivity (Wildman–Crippen MR) is 103 cm³/mol. The fourth-order valence-electron chi connectivity index (χ4n) is 3.02. The van der Waals surface area contributed by atoms with Crippen molar-refractivity contribution in [3.8, 4) is 11.6 Å². The second kappa shape index (κ2) is 7.73. The molecule has 3 heterocycles. The Morgan fingerprint density at radius 1 is 1.36 bits per heavy atom. The van der Waals surface area contributed by atoms with E-state index >= 15 is 0 Å². The number of benzene rings is 1. The van der Waals surface area contributed by atoms with Gasteiger partial charge in [0, 0.05) is 18.3 Å². The number of nitrogens with one attached hydrogen (secondary N) is 2. The highest BCUT2D eigenvalue weighted by Crippen LogP contribution is 2.30. The molecular formula is C19H21N5O4. The summed E-state index contributed by atoms with van der Waals surface area (Å²) in [5.41, 5.74) is 1.84. The number of hydrogen-bond donors (Lipinski definition) is 2. The van der Waals surface area contributed by atoms with Crippen LogP contribution in [0.4, 0.5) is 11.6 Å². The van der Waals surface area contributed by atoms with Gasteiger partial charge in [-0.1, -0.05) is 0 Å². The Bertz CT molecular complexity index is 997. The third kappa shape index (κ3) is 3.44. The second-order valence-corrected chi connectivity index (χ2v) is 6.17. The van der Waals surface area contributed by atoms with Crippen molar-refractivity contribution in [1.29, 1.82) is 0 Å². The maximum absolute atomic E-state index is 12.5. The Morgan fingerprint density at radius 2 is 2.25 bits per heavy atom. The molecule has 0 unspecified atom stereocenters. The van der Waals surface area contributed by atoms with Crippen LogP contribution in [0.5, 0.6) is 11.6 Å². The minimum Gasteiger partial charge on any atom is -0.495 e. The summed E-state index contributed by atoms with van der Waals surface area (Å²) in [6.07, 6.45) is 1.79. The molecule has 28 heavy (non-hydrogen) atoms. The van der Waals surface area contributed by atoms with Crippen molar-refractivity contribution in [2.45, 2.75) is 6.92 Å². The maximum Gasteiger partial charge on any atom is 0.255 e. The summed E-state index contributed by atoms with van der Waals surface area (Å²) in [7, 11) is 1.55. The van der Waals surface area contributed by atoms with Crippen LogP contribution in [0, 0.1) is 0 Å². The molecule has 2 aromatic heterocycles. The Labute approximate surface area is 161 Å². The zero-order chi connectivity index (χ0) is 19.5. The van der Waals surface area contributed by atoms with Gasteiger partial charge in [-0.05, 0) is 31.2 Å². The molecule has 1 aromatic carbocycles. The molecule has 146 valence electrons. The molecule has 0 bridgehead atoms. The Morgan fingerprint density at radius 3 is 3.00 bits per heavy atom. The SMILES string of the molecule is CCOc1nc(Nc2ccc(C(=O)N3CCOC3)cc2OC)nc2[nH]ccc12. The van der Waals surface area contributed by atoms with E-state index < -0.39 is 0 Å². The van der Waals surface area contributed by atoms with E-state index in [0.717, 1.165) is 5.39 Å². The van der Waals surface area contributed by atoms with Crippen molar-refractivity contribution in [3.05, 3.63) is 36.0 Å². The lowest BCUT2D eigenvalue weighted by atomic mass is 10.1. The average Bonchev–Trinajstić information content (AvgIpc) is 3.40. The number of aromatic nitrogens is 3. The molecule has 4 rings (SSSR count). The van der Waals surface area contributed by atoms with Crippen LogP contribution in [0.15, 0.2) is 30.5 Å². The molecule has 0 saturated carbocycles. The summed E-state index contributed by atoms with van der Waals surface area (Å²) in [5, 5.41) is 3.96. The molecule has 1 fully saturated rings. The second-order valence-electron chi connectivity index (χ2n) is 6.17. The number of anilines is 2. The molecule has 0 atom stereocenters. The van der Waals surface area contributed by atoms with Crippen molar-refractivity contribution < 1.29 is 19.0 Å². The average molecular weight is 383 g/mol. The third-order valence-corrected chi connectivity index (χ3v) is 4.40. The number of hydrogen-bond acceptors (Lipinski definition) is 7. The highest BCUT2D eigenvalue weighted by Gasteiger charge is 2.21. The van der Waals surface area contributed by atoms with Crippen LogP contribution in [-0.2, 0) is 4.74 Å². The smallest absolute Gasteiger partial charge is 0.255 e. The van der Waals surface area contributed by atoms with Crippen LogP contribution < -0.4 is 14.8 Å². The number of carbonyl (C=O) groups is 1. The van der Waals surface area contributed by atoms with Crippen LogP contribution in [0.1, 0.15) is 17.3 Å². The zero-order valence-corrected chi connectivity index (χ0v) is 15.7. The van der Waals surface area contributed by atoms with Gasteiger partial charge in [-0.2, -0.15) is 9.97 Å². The first kappa shape index (κ1) is 18.1. The van der Waals surface area contributed by atoms with Crippen LogP contribution in [-0.4, -0.2) is 59.4 Å². The van der Waals surface area contributed by atoms with Crippen molar-refractivity contribution in [3.63, 3.8) is 0 Å². The van der Waals surface area contributed by atoms with E-state index in [-0.39, 0.29) is 5.91 Å². The van der Waals surface area contributed by atoms with Gasteiger partial charge in [-0.25, -0.2) is 0 Å². The van der Waals surface area contributed by atoms with E-state index in [9.17, 15) is 4.79 Å².